The van der Waals surface area contributed by atoms with Gasteiger partial charge in [0, 0.05) is 23.2 Å². The van der Waals surface area contributed by atoms with Gasteiger partial charge in [-0.25, -0.2) is 52.7 Å². The first-order valence-electron chi connectivity index (χ1n) is 18.7. The van der Waals surface area contributed by atoms with Crippen molar-refractivity contribution in [3.63, 3.8) is 0 Å². The molecule has 0 saturated carbocycles. The number of carbonyl (C=O) groups excluding carboxylic acids is 1. The normalized spacial score (nSPS) is 12.3. The Morgan fingerprint density at radius 1 is 0.365 bits per heavy atom. The van der Waals surface area contributed by atoms with Gasteiger partial charge in [0.15, 0.2) is 21.2 Å². The van der Waals surface area contributed by atoms with Crippen molar-refractivity contribution in [2.24, 2.45) is 0 Å². The summed E-state index contributed by atoms with van der Waals surface area (Å²) >= 11 is 0. The molecule has 74 heavy (non-hydrogen) atoms. The Morgan fingerprint density at radius 2 is 0.527 bits per heavy atom. The Bertz CT molecular complexity index is 2860. The number of halogens is 26. The maximum absolute atomic E-state index is 14.9. The summed E-state index contributed by atoms with van der Waals surface area (Å²) in [5.41, 5.74) is 1.95. The number of benzene rings is 5. The smallest absolute Gasteiger partial charge is 0.254 e. The fraction of sp³-hybridized carbons (Fsp3) is 0.0976. The van der Waals surface area contributed by atoms with Crippen LogP contribution in [0.5, 0.6) is 0 Å². The Balaban J connectivity index is 0.000000449. The van der Waals surface area contributed by atoms with E-state index in [-0.39, 0.29) is 22.9 Å². The molecule has 7 aromatic rings. The standard InChI is InChI=1S/C26H4F20P2.C12H8N2.C3H6O.Cu.F6P/c27-3-7(31)15(39)23(16(40)8(3)32)47(24-17(41)9(33)4(28)10(34)18(24)42)1-2-48(25-19(43)11(35)5(29)12(36)20(25)44)26-21(45)13(37)6(30)14(38)22(26)46;1-3-9-5-6-10-4-2-8-14-12(10)11(9)13-7-1;1-3(2)4;;1-7(2,3,4,5)6/h1-2H2;1-8H;1-2H3;;/q;;;+1;-1/p+2. The number of Topliss-reactive ketones (excluding diaryl/α,β-unsaturated/α-hetero) is 1. The van der Waals surface area contributed by atoms with Crippen LogP contribution in [0.4, 0.5) is 113 Å². The van der Waals surface area contributed by atoms with Gasteiger partial charge >= 0.3 is 50.1 Å². The Hall–Kier alpha value is -5.42. The molecular weight excluding hydrogens is 1190 g/mol. The summed E-state index contributed by atoms with van der Waals surface area (Å²) in [5.74, 6) is -58.9. The molecule has 0 spiro atoms. The van der Waals surface area contributed by atoms with Gasteiger partial charge in [0.1, 0.15) is 18.1 Å². The number of aromatic nitrogens is 2. The van der Waals surface area contributed by atoms with Crippen LogP contribution in [0.15, 0.2) is 48.8 Å². The summed E-state index contributed by atoms with van der Waals surface area (Å²) < 4.78 is 346. The molecule has 0 radical (unpaired) electrons. The van der Waals surface area contributed by atoms with Gasteiger partial charge in [0.25, 0.3) is 0 Å². The maximum Gasteiger partial charge on any atom is 1.00 e. The van der Waals surface area contributed by atoms with Gasteiger partial charge in [-0.05, 0) is 26.0 Å². The monoisotopic (exact) mass is 1210 g/mol. The third-order valence-corrected chi connectivity index (χ3v) is 15.2. The minimum absolute atomic E-state index is 0. The van der Waals surface area contributed by atoms with Crippen LogP contribution in [0.25, 0.3) is 21.8 Å². The van der Waals surface area contributed by atoms with E-state index in [0.29, 0.717) is 0 Å². The minimum atomic E-state index is -10.7. The third-order valence-electron chi connectivity index (χ3n) is 9.02. The zero-order valence-electron chi connectivity index (χ0n) is 35.4. The predicted octanol–water partition coefficient (Wildman–Crippen LogP) is 14.3. The quantitative estimate of drug-likeness (QED) is 0.0399. The van der Waals surface area contributed by atoms with E-state index in [0.717, 1.165) is 21.8 Å². The molecular formula is C41H20CuF26N2OP3+2. The molecule has 0 bridgehead atoms. The van der Waals surface area contributed by atoms with Crippen molar-refractivity contribution in [2.75, 3.05) is 12.3 Å². The van der Waals surface area contributed by atoms with E-state index in [1.165, 1.54) is 13.8 Å². The molecule has 7 rings (SSSR count). The molecule has 33 heteroatoms. The van der Waals surface area contributed by atoms with Crippen LogP contribution in [-0.2, 0) is 21.9 Å². The van der Waals surface area contributed by atoms with Gasteiger partial charge < -0.3 is 4.79 Å². The van der Waals surface area contributed by atoms with Crippen molar-refractivity contribution < 1.29 is 135 Å². The molecule has 2 aromatic heterocycles. The number of fused-ring (bicyclic) bond motifs is 3. The minimum Gasteiger partial charge on any atom is -0.254 e. The van der Waals surface area contributed by atoms with Crippen molar-refractivity contribution in [3.05, 3.63) is 165 Å². The number of ketones is 1. The van der Waals surface area contributed by atoms with Gasteiger partial charge in [0.2, 0.25) is 116 Å². The maximum atomic E-state index is 14.9. The Labute approximate surface area is 407 Å². The van der Waals surface area contributed by atoms with Crippen LogP contribution in [0.3, 0.4) is 0 Å². The molecule has 0 saturated heterocycles. The van der Waals surface area contributed by atoms with Crippen molar-refractivity contribution in [3.8, 4) is 0 Å². The van der Waals surface area contributed by atoms with E-state index in [2.05, 4.69) is 34.2 Å². The molecule has 0 unspecified atom stereocenters. The predicted molar refractivity (Wildman–Crippen MR) is 217 cm³/mol. The average Bonchev–Trinajstić information content (AvgIpc) is 3.31. The molecule has 0 aliphatic carbocycles. The number of nitrogens with zero attached hydrogens (tertiary/aromatic N) is 2. The van der Waals surface area contributed by atoms with Gasteiger partial charge in [-0.1, -0.05) is 24.3 Å². The second kappa shape index (κ2) is 22.8. The molecule has 5 aromatic carbocycles. The number of carbonyl (C=O) groups is 1. The Kier molecular flexibility index (Phi) is 19.4. The third kappa shape index (κ3) is 14.1. The second-order valence-electron chi connectivity index (χ2n) is 14.3. The van der Waals surface area contributed by atoms with Crippen molar-refractivity contribution >= 4 is 72.5 Å². The largest absolute Gasteiger partial charge is 1.00 e. The second-order valence-corrected chi connectivity index (χ2v) is 21.1. The molecule has 0 aliphatic heterocycles. The first kappa shape index (κ1) is 62.9. The van der Waals surface area contributed by atoms with Gasteiger partial charge in [-0.2, -0.15) is 35.1 Å². The summed E-state index contributed by atoms with van der Waals surface area (Å²) in [7, 11) is -20.5. The fourth-order valence-electron chi connectivity index (χ4n) is 6.16. The van der Waals surface area contributed by atoms with E-state index in [4.69, 9.17) is 0 Å². The van der Waals surface area contributed by atoms with Crippen LogP contribution in [0.2, 0.25) is 0 Å². The van der Waals surface area contributed by atoms with E-state index >= 15 is 0 Å². The van der Waals surface area contributed by atoms with E-state index < -0.39 is 174 Å². The molecule has 0 fully saturated rings. The van der Waals surface area contributed by atoms with Crippen molar-refractivity contribution in [2.45, 2.75) is 13.8 Å². The zero-order chi connectivity index (χ0) is 55.8. The van der Waals surface area contributed by atoms with Crippen LogP contribution in [0.1, 0.15) is 13.8 Å². The molecule has 0 aliphatic rings. The molecule has 0 N–H and O–H groups in total. The number of hydrogen-bond donors (Lipinski definition) is 0. The molecule has 3 nitrogen and oxygen atoms in total. The molecule has 2 heterocycles. The first-order chi connectivity index (χ1) is 33.3. The summed E-state index contributed by atoms with van der Waals surface area (Å²) in [4.78, 5) is 18.1. The SMILES string of the molecule is CC(C)=O.F[P-](F)(F)(F)(F)F.Fc1c(F)c(F)c([PH+](CC[PH+](c2c(F)c(F)c(F)c(F)c2F)c2c(F)c(F)c(F)c(F)c2F)c2c(F)c(F)c(F)c(F)c2F)c(F)c1F.[Cu+].c1cnc2c(c1)ccc1cccnc12. The van der Waals surface area contributed by atoms with E-state index in [1.54, 1.807) is 12.4 Å². The topological polar surface area (TPSA) is 42.9 Å². The van der Waals surface area contributed by atoms with E-state index in [1.807, 2.05) is 12.1 Å². The summed E-state index contributed by atoms with van der Waals surface area (Å²) in [6, 6.07) is 12.1. The molecule has 406 valence electrons. The summed E-state index contributed by atoms with van der Waals surface area (Å²) in [6.07, 6.45) is -0.323. The zero-order valence-corrected chi connectivity index (χ0v) is 39.2. The first-order valence-corrected chi connectivity index (χ1v) is 24.2. The van der Waals surface area contributed by atoms with Crippen LogP contribution in [-0.4, -0.2) is 28.1 Å². The van der Waals surface area contributed by atoms with Crippen LogP contribution >= 0.6 is 23.7 Å². The number of pyridine rings is 2. The van der Waals surface area contributed by atoms with Gasteiger partial charge in [-0.15, -0.1) is 0 Å². The molecule has 0 amide bonds. The van der Waals surface area contributed by atoms with Crippen molar-refractivity contribution in [1.82, 2.24) is 9.97 Å². The van der Waals surface area contributed by atoms with E-state index in [9.17, 15) is 118 Å². The summed E-state index contributed by atoms with van der Waals surface area (Å²) in [6.45, 7) is 3.06. The fourth-order valence-corrected chi connectivity index (χ4v) is 12.7. The summed E-state index contributed by atoms with van der Waals surface area (Å²) in [5, 5.41) is -7.18. The molecule has 0 atom stereocenters. The van der Waals surface area contributed by atoms with Gasteiger partial charge in [-0.3, -0.25) is 9.97 Å². The van der Waals surface area contributed by atoms with Crippen LogP contribution < -0.4 is 21.2 Å². The van der Waals surface area contributed by atoms with Gasteiger partial charge in [0.05, 0.1) is 26.9 Å². The van der Waals surface area contributed by atoms with Crippen LogP contribution in [0, 0.1) is 116 Å². The average molecular weight is 1210 g/mol. The van der Waals surface area contributed by atoms with Crippen molar-refractivity contribution in [1.29, 1.82) is 0 Å². The Morgan fingerprint density at radius 3 is 0.703 bits per heavy atom. The number of rotatable bonds is 7. The number of hydrogen-bond acceptors (Lipinski definition) is 3.